The van der Waals surface area contributed by atoms with Crippen molar-refractivity contribution in [3.8, 4) is 0 Å². The third kappa shape index (κ3) is 4.10. The van der Waals surface area contributed by atoms with Gasteiger partial charge in [0.1, 0.15) is 11.9 Å². The van der Waals surface area contributed by atoms with E-state index < -0.39 is 6.04 Å². The van der Waals surface area contributed by atoms with Crippen molar-refractivity contribution in [2.75, 3.05) is 38.6 Å². The van der Waals surface area contributed by atoms with Crippen molar-refractivity contribution >= 4 is 28.5 Å². The third-order valence-corrected chi connectivity index (χ3v) is 6.19. The normalized spacial score (nSPS) is 16.0. The number of para-hydroxylation sites is 2. The van der Waals surface area contributed by atoms with E-state index in [1.54, 1.807) is 34.3 Å². The maximum atomic E-state index is 13.4. The molecule has 0 saturated carbocycles. The van der Waals surface area contributed by atoms with Gasteiger partial charge in [-0.05, 0) is 48.5 Å². The van der Waals surface area contributed by atoms with Crippen molar-refractivity contribution in [2.24, 2.45) is 0 Å². The molecule has 1 fully saturated rings. The summed E-state index contributed by atoms with van der Waals surface area (Å²) in [6, 6.07) is 18.4. The van der Waals surface area contributed by atoms with Gasteiger partial charge in [0.05, 0.1) is 16.6 Å². The molecule has 8 nitrogen and oxygen atoms in total. The summed E-state index contributed by atoms with van der Waals surface area (Å²) in [6.45, 7) is 1.19. The fourth-order valence-electron chi connectivity index (χ4n) is 4.31. The van der Waals surface area contributed by atoms with Gasteiger partial charge in [-0.15, -0.1) is 0 Å². The molecule has 2 aromatic carbocycles. The molecule has 5 rings (SSSR count). The Morgan fingerprint density at radius 2 is 1.74 bits per heavy atom. The monoisotopic (exact) mass is 454 g/mol. The van der Waals surface area contributed by atoms with Crippen LogP contribution in [0, 0.1) is 0 Å². The molecule has 0 bridgehead atoms. The van der Waals surface area contributed by atoms with Crippen LogP contribution in [0.15, 0.2) is 73.1 Å². The molecule has 0 spiro atoms. The molecule has 0 radical (unpaired) electrons. The zero-order chi connectivity index (χ0) is 23.7. The molecular weight excluding hydrogens is 428 g/mol. The molecule has 1 aliphatic rings. The smallest absolute Gasteiger partial charge is 0.256 e. The number of imidazole rings is 1. The molecule has 2 aromatic heterocycles. The number of piperazine rings is 1. The minimum absolute atomic E-state index is 0.0557. The Hall–Kier alpha value is -4.20. The zero-order valence-electron chi connectivity index (χ0n) is 19.2. The second-order valence-electron chi connectivity index (χ2n) is 8.59. The first-order chi connectivity index (χ1) is 16.5. The Bertz CT molecular complexity index is 1280. The molecule has 1 saturated heterocycles. The quantitative estimate of drug-likeness (QED) is 0.511. The van der Waals surface area contributed by atoms with E-state index in [-0.39, 0.29) is 11.8 Å². The number of amides is 2. The first kappa shape index (κ1) is 21.6. The number of benzene rings is 2. The zero-order valence-corrected chi connectivity index (χ0v) is 19.2. The van der Waals surface area contributed by atoms with Gasteiger partial charge in [-0.1, -0.05) is 12.1 Å². The molecule has 34 heavy (non-hydrogen) atoms. The molecule has 1 unspecified atom stereocenters. The van der Waals surface area contributed by atoms with E-state index >= 15 is 0 Å². The number of fused-ring (bicyclic) bond motifs is 1. The number of hydrogen-bond acceptors (Lipinski definition) is 5. The Kier molecular flexibility index (Phi) is 5.71. The largest absolute Gasteiger partial charge is 0.378 e. The van der Waals surface area contributed by atoms with E-state index in [2.05, 4.69) is 9.97 Å². The van der Waals surface area contributed by atoms with Crippen molar-refractivity contribution < 1.29 is 9.59 Å². The van der Waals surface area contributed by atoms with Gasteiger partial charge in [-0.25, -0.2) is 4.98 Å². The predicted molar refractivity (Wildman–Crippen MR) is 131 cm³/mol. The van der Waals surface area contributed by atoms with E-state index in [0.717, 1.165) is 16.7 Å². The average molecular weight is 455 g/mol. The number of pyridine rings is 1. The number of H-pyrrole nitrogens is 1. The number of nitrogens with zero attached hydrogens (tertiary/aromatic N) is 5. The van der Waals surface area contributed by atoms with Crippen LogP contribution in [0.1, 0.15) is 32.6 Å². The van der Waals surface area contributed by atoms with Crippen LogP contribution in [0.5, 0.6) is 0 Å². The van der Waals surface area contributed by atoms with Gasteiger partial charge in [0.15, 0.2) is 0 Å². The molecular formula is C26H26N6O2. The van der Waals surface area contributed by atoms with Crippen molar-refractivity contribution in [3.63, 3.8) is 0 Å². The van der Waals surface area contributed by atoms with Crippen LogP contribution in [0.25, 0.3) is 11.0 Å². The highest BCUT2D eigenvalue weighted by Gasteiger charge is 2.36. The van der Waals surface area contributed by atoms with Crippen LogP contribution < -0.4 is 4.90 Å². The standard InChI is InChI=1S/C26H26N6O2/c1-30(2)20-11-9-18(10-12-20)25(33)31-14-15-32(26(34)19-6-5-13-27-16-19)23(17-31)24-28-21-7-3-4-8-22(21)29-24/h3-13,16,23H,14-15,17H2,1-2H3,(H,28,29). The maximum absolute atomic E-state index is 13.4. The number of carbonyl (C=O) groups excluding carboxylic acids is 2. The molecule has 0 aliphatic carbocycles. The highest BCUT2D eigenvalue weighted by molar-refractivity contribution is 5.96. The molecule has 4 aromatic rings. The van der Waals surface area contributed by atoms with Crippen molar-refractivity contribution in [1.29, 1.82) is 0 Å². The van der Waals surface area contributed by atoms with Crippen LogP contribution in [-0.2, 0) is 0 Å². The van der Waals surface area contributed by atoms with Crippen LogP contribution in [-0.4, -0.2) is 70.3 Å². The molecule has 2 amide bonds. The van der Waals surface area contributed by atoms with E-state index in [4.69, 9.17) is 4.98 Å². The van der Waals surface area contributed by atoms with Crippen LogP contribution in [0.3, 0.4) is 0 Å². The molecule has 8 heteroatoms. The summed E-state index contributed by atoms with van der Waals surface area (Å²) in [5, 5.41) is 0. The second kappa shape index (κ2) is 8.97. The number of anilines is 1. The van der Waals surface area contributed by atoms with Crippen molar-refractivity contribution in [3.05, 3.63) is 90.0 Å². The number of aromatic amines is 1. The second-order valence-corrected chi connectivity index (χ2v) is 8.59. The minimum Gasteiger partial charge on any atom is -0.378 e. The number of hydrogen-bond donors (Lipinski definition) is 1. The van der Waals surface area contributed by atoms with Crippen molar-refractivity contribution in [2.45, 2.75) is 6.04 Å². The number of rotatable bonds is 4. The van der Waals surface area contributed by atoms with Gasteiger partial charge in [0.25, 0.3) is 11.8 Å². The molecule has 1 atom stereocenters. The third-order valence-electron chi connectivity index (χ3n) is 6.19. The molecule has 1 N–H and O–H groups in total. The lowest BCUT2D eigenvalue weighted by Crippen LogP contribution is -2.52. The highest BCUT2D eigenvalue weighted by atomic mass is 16.2. The topological polar surface area (TPSA) is 85.4 Å². The first-order valence-corrected chi connectivity index (χ1v) is 11.2. The summed E-state index contributed by atoms with van der Waals surface area (Å²) in [5.74, 6) is 0.486. The summed E-state index contributed by atoms with van der Waals surface area (Å²) >= 11 is 0. The van der Waals surface area contributed by atoms with Crippen molar-refractivity contribution in [1.82, 2.24) is 24.8 Å². The SMILES string of the molecule is CN(C)c1ccc(C(=O)N2CCN(C(=O)c3cccnc3)C(c3nc4ccccc4[nH]3)C2)cc1. The number of nitrogens with one attached hydrogen (secondary N) is 1. The van der Waals surface area contributed by atoms with Gasteiger partial charge in [-0.3, -0.25) is 14.6 Å². The summed E-state index contributed by atoms with van der Waals surface area (Å²) in [4.78, 5) is 44.5. The molecule has 172 valence electrons. The summed E-state index contributed by atoms with van der Waals surface area (Å²) in [6.07, 6.45) is 3.22. The van der Waals surface area contributed by atoms with Crippen LogP contribution >= 0.6 is 0 Å². The fourth-order valence-corrected chi connectivity index (χ4v) is 4.31. The van der Waals surface area contributed by atoms with E-state index in [9.17, 15) is 9.59 Å². The number of carbonyl (C=O) groups is 2. The first-order valence-electron chi connectivity index (χ1n) is 11.2. The fraction of sp³-hybridized carbons (Fsp3) is 0.231. The number of aromatic nitrogens is 3. The Balaban J connectivity index is 1.46. The Morgan fingerprint density at radius 3 is 2.44 bits per heavy atom. The molecule has 1 aliphatic heterocycles. The van der Waals surface area contributed by atoms with Gasteiger partial charge in [-0.2, -0.15) is 0 Å². The van der Waals surface area contributed by atoms with Gasteiger partial charge in [0.2, 0.25) is 0 Å². The Morgan fingerprint density at radius 1 is 0.941 bits per heavy atom. The lowest BCUT2D eigenvalue weighted by Gasteiger charge is -2.40. The van der Waals surface area contributed by atoms with E-state index in [0.29, 0.717) is 36.6 Å². The maximum Gasteiger partial charge on any atom is 0.256 e. The van der Waals surface area contributed by atoms with Crippen LogP contribution in [0.4, 0.5) is 5.69 Å². The van der Waals surface area contributed by atoms with Gasteiger partial charge < -0.3 is 19.7 Å². The van der Waals surface area contributed by atoms with Crippen LogP contribution in [0.2, 0.25) is 0 Å². The lowest BCUT2D eigenvalue weighted by molar-refractivity contribution is 0.0370. The van der Waals surface area contributed by atoms with E-state index in [1.807, 2.05) is 67.5 Å². The van der Waals surface area contributed by atoms with Gasteiger partial charge in [0, 0.05) is 57.4 Å². The molecule has 3 heterocycles. The minimum atomic E-state index is -0.404. The van der Waals surface area contributed by atoms with E-state index in [1.165, 1.54) is 0 Å². The summed E-state index contributed by atoms with van der Waals surface area (Å²) in [7, 11) is 3.93. The lowest BCUT2D eigenvalue weighted by atomic mass is 10.1. The average Bonchev–Trinajstić information content (AvgIpc) is 3.32. The summed E-state index contributed by atoms with van der Waals surface area (Å²) in [5.41, 5.74) is 3.90. The Labute approximate surface area is 197 Å². The van der Waals surface area contributed by atoms with Gasteiger partial charge >= 0.3 is 0 Å². The predicted octanol–water partition coefficient (Wildman–Crippen LogP) is 3.36. The summed E-state index contributed by atoms with van der Waals surface area (Å²) < 4.78 is 0. The highest BCUT2D eigenvalue weighted by Crippen LogP contribution is 2.28.